The van der Waals surface area contributed by atoms with Gasteiger partial charge in [0.2, 0.25) is 0 Å². The van der Waals surface area contributed by atoms with Crippen molar-refractivity contribution in [1.82, 2.24) is 0 Å². The Kier molecular flexibility index (Phi) is 22.7. The molecule has 2 aliphatic rings. The van der Waals surface area contributed by atoms with E-state index < -0.39 is 115 Å². The fourth-order valence-electron chi connectivity index (χ4n) is 8.42. The van der Waals surface area contributed by atoms with Crippen molar-refractivity contribution in [3.8, 4) is 0 Å². The summed E-state index contributed by atoms with van der Waals surface area (Å²) in [7, 11) is -30.4. The van der Waals surface area contributed by atoms with Gasteiger partial charge in [0.1, 0.15) is 0 Å². The van der Waals surface area contributed by atoms with Crippen LogP contribution in [0.2, 0.25) is 159 Å². The number of hydrogen-bond donors (Lipinski definition) is 1. The van der Waals surface area contributed by atoms with Gasteiger partial charge in [0.15, 0.2) is 25.0 Å². The molecule has 6 atom stereocenters. The molecule has 6 unspecified atom stereocenters. The van der Waals surface area contributed by atoms with Crippen molar-refractivity contribution >= 4 is 115 Å². The summed E-state index contributed by atoms with van der Waals surface area (Å²) in [6.07, 6.45) is 1.13. The molecule has 0 radical (unpaired) electrons. The zero-order chi connectivity index (χ0) is 50.2. The first-order valence-electron chi connectivity index (χ1n) is 23.5. The van der Waals surface area contributed by atoms with Gasteiger partial charge >= 0.3 is 80.4 Å². The molecule has 2 saturated heterocycles. The average Bonchev–Trinajstić information content (AvgIpc) is 3.09. The van der Waals surface area contributed by atoms with Crippen LogP contribution in [0.1, 0.15) is 33.6 Å². The molecule has 0 aromatic rings. The maximum Gasteiger partial charge on any atom is 0.333 e. The average molecular weight is 1120 g/mol. The molecule has 27 heteroatoms. The zero-order valence-corrected chi connectivity index (χ0v) is 56.4. The standard InChI is InChI=1S/C38H90O15Si12/c1-22-60(16)44-54-45-61(17,51-65(21,50-60)32-29-55(6,7)41)33-30-56(8,9)46-58(12,13)47-57(10,11)31-34-64(20)49-59(14,15)48-62(18,27-23-25-42-37(39)35(2)3)52-63(19,53-64)28-24-26-43-38(40)36(4)5/h41H,2,4,22-34,54H2,1,3,5-21H3. The Labute approximate surface area is 408 Å². The van der Waals surface area contributed by atoms with Gasteiger partial charge in [-0.25, -0.2) is 9.59 Å². The van der Waals surface area contributed by atoms with Crippen molar-refractivity contribution in [2.45, 2.75) is 193 Å². The second-order valence-corrected chi connectivity index (χ2v) is 65.7. The molecule has 380 valence electrons. The van der Waals surface area contributed by atoms with E-state index in [2.05, 4.69) is 112 Å². The minimum absolute atomic E-state index is 0.223. The summed E-state index contributed by atoms with van der Waals surface area (Å²) in [5.74, 6) is -0.832. The van der Waals surface area contributed by atoms with Crippen molar-refractivity contribution in [1.29, 1.82) is 0 Å². The van der Waals surface area contributed by atoms with E-state index in [1.807, 2.05) is 13.1 Å². The van der Waals surface area contributed by atoms with Crippen LogP contribution in [0.25, 0.3) is 0 Å². The number of ether oxygens (including phenoxy) is 2. The molecule has 0 bridgehead atoms. The highest BCUT2D eigenvalue weighted by atomic mass is 28.5. The van der Waals surface area contributed by atoms with Crippen molar-refractivity contribution in [2.24, 2.45) is 0 Å². The highest BCUT2D eigenvalue weighted by molar-refractivity contribution is 6.95. The lowest BCUT2D eigenvalue weighted by molar-refractivity contribution is -0.139. The van der Waals surface area contributed by atoms with Crippen molar-refractivity contribution in [3.05, 3.63) is 24.3 Å². The Balaban J connectivity index is 2.24. The molecule has 0 amide bonds. The second-order valence-electron chi connectivity index (χ2n) is 22.1. The Morgan fingerprint density at radius 3 is 1.29 bits per heavy atom. The predicted molar refractivity (Wildman–Crippen MR) is 288 cm³/mol. The first kappa shape index (κ1) is 61.7. The largest absolute Gasteiger partial charge is 0.462 e. The molecule has 2 rings (SSSR count). The summed E-state index contributed by atoms with van der Waals surface area (Å²) in [6.45, 7) is 47.4. The third-order valence-corrected chi connectivity index (χ3v) is 59.9. The number of carbonyl (C=O) groups excluding carboxylic acids is 2. The zero-order valence-electron chi connectivity index (χ0n) is 44.0. The quantitative estimate of drug-likeness (QED) is 0.0420. The van der Waals surface area contributed by atoms with Crippen LogP contribution in [0, 0.1) is 0 Å². The van der Waals surface area contributed by atoms with E-state index in [-0.39, 0.29) is 13.2 Å². The molecule has 0 aromatic carbocycles. The Morgan fingerprint density at radius 1 is 0.538 bits per heavy atom. The summed E-state index contributed by atoms with van der Waals surface area (Å²) in [4.78, 5) is 35.1. The number of carbonyl (C=O) groups is 2. The van der Waals surface area contributed by atoms with Crippen LogP contribution in [0.5, 0.6) is 0 Å². The monoisotopic (exact) mass is 1120 g/mol. The molecule has 0 aliphatic carbocycles. The molecular weight excluding hydrogens is 1030 g/mol. The van der Waals surface area contributed by atoms with Crippen molar-refractivity contribution in [3.63, 3.8) is 0 Å². The highest BCUT2D eigenvalue weighted by Crippen LogP contribution is 2.40. The van der Waals surface area contributed by atoms with Crippen LogP contribution >= 0.6 is 0 Å². The van der Waals surface area contributed by atoms with Gasteiger partial charge in [0.05, 0.1) is 13.2 Å². The minimum atomic E-state index is -3.01. The normalized spacial score (nSPS) is 31.0. The maximum atomic E-state index is 12.2. The number of hydrogen-bond acceptors (Lipinski definition) is 15. The Hall–Kier alpha value is 0.583. The van der Waals surface area contributed by atoms with Gasteiger partial charge in [-0.1, -0.05) is 20.1 Å². The highest BCUT2D eigenvalue weighted by Gasteiger charge is 2.56. The van der Waals surface area contributed by atoms with Gasteiger partial charge in [0.25, 0.3) is 10.0 Å². The molecule has 2 heterocycles. The van der Waals surface area contributed by atoms with Crippen LogP contribution < -0.4 is 0 Å². The van der Waals surface area contributed by atoms with Gasteiger partial charge in [-0.3, -0.25) is 0 Å². The molecule has 2 aliphatic heterocycles. The van der Waals surface area contributed by atoms with E-state index in [0.29, 0.717) is 42.1 Å². The SMILES string of the molecule is C=C(C)C(=O)OCCC[Si]1(C)O[Si](C)(C)O[Si](C)(CC[Si](C)(C)O[Si](C)(C)O[Si](C)(C)CC[Si]2(C)O[SiH2]O[Si](C)(CC)O[Si](C)(CC[Si](C)(C)O)O2)O[Si](C)(CCCOC(=O)C(=C)C)O1. The summed E-state index contributed by atoms with van der Waals surface area (Å²) in [5, 5.41) is 0. The summed E-state index contributed by atoms with van der Waals surface area (Å²) in [6, 6.07) is 6.62. The van der Waals surface area contributed by atoms with Crippen LogP contribution in [0.3, 0.4) is 0 Å². The molecule has 1 N–H and O–H groups in total. The molecule has 65 heavy (non-hydrogen) atoms. The summed E-state index contributed by atoms with van der Waals surface area (Å²) < 4.78 is 81.0. The first-order chi connectivity index (χ1) is 29.2. The van der Waals surface area contributed by atoms with E-state index in [1.165, 1.54) is 0 Å². The Morgan fingerprint density at radius 2 is 0.877 bits per heavy atom. The fourth-order valence-corrected chi connectivity index (χ4v) is 70.3. The van der Waals surface area contributed by atoms with Crippen LogP contribution in [0.4, 0.5) is 0 Å². The van der Waals surface area contributed by atoms with Crippen LogP contribution in [0.15, 0.2) is 24.3 Å². The van der Waals surface area contributed by atoms with Gasteiger partial charge < -0.3 is 55.4 Å². The molecular formula is C38H90O15Si12. The number of rotatable bonds is 24. The topological polar surface area (TPSA) is 165 Å². The van der Waals surface area contributed by atoms with Gasteiger partial charge in [0, 0.05) is 11.1 Å². The number of esters is 2. The fraction of sp³-hybridized carbons (Fsp3) is 0.842. The summed E-state index contributed by atoms with van der Waals surface area (Å²) >= 11 is 0. The molecule has 0 aromatic heterocycles. The van der Waals surface area contributed by atoms with E-state index in [1.54, 1.807) is 13.8 Å². The second kappa shape index (κ2) is 23.9. The predicted octanol–water partition coefficient (Wildman–Crippen LogP) is 9.66. The van der Waals surface area contributed by atoms with Gasteiger partial charge in [-0.15, -0.1) is 0 Å². The Bertz CT molecular complexity index is 1640. The van der Waals surface area contributed by atoms with E-state index in [9.17, 15) is 14.4 Å². The van der Waals surface area contributed by atoms with Gasteiger partial charge in [-0.2, -0.15) is 0 Å². The van der Waals surface area contributed by atoms with Crippen molar-refractivity contribution in [2.75, 3.05) is 13.2 Å². The minimum Gasteiger partial charge on any atom is -0.462 e. The molecule has 15 nitrogen and oxygen atoms in total. The first-order valence-corrected chi connectivity index (χ1v) is 54.8. The third-order valence-electron chi connectivity index (χ3n) is 11.3. The lowest BCUT2D eigenvalue weighted by Gasteiger charge is -2.50. The summed E-state index contributed by atoms with van der Waals surface area (Å²) in [5.41, 5.74) is 0.713. The maximum absolute atomic E-state index is 12.2. The van der Waals surface area contributed by atoms with Gasteiger partial charge in [-0.05, 0) is 186 Å². The van der Waals surface area contributed by atoms with E-state index >= 15 is 0 Å². The van der Waals surface area contributed by atoms with Crippen molar-refractivity contribution < 1.29 is 65.0 Å². The molecule has 0 spiro atoms. The smallest absolute Gasteiger partial charge is 0.333 e. The van der Waals surface area contributed by atoms with E-state index in [4.69, 9.17) is 50.6 Å². The van der Waals surface area contributed by atoms with Crippen LogP contribution in [-0.2, 0) is 60.2 Å². The molecule has 2 fully saturated rings. The molecule has 0 saturated carbocycles. The third kappa shape index (κ3) is 23.1. The lowest BCUT2D eigenvalue weighted by Crippen LogP contribution is -2.66. The van der Waals surface area contributed by atoms with E-state index in [0.717, 1.165) is 36.3 Å². The lowest BCUT2D eigenvalue weighted by atomic mass is 10.4. The van der Waals surface area contributed by atoms with Crippen LogP contribution in [-0.4, -0.2) is 133 Å².